The van der Waals surface area contributed by atoms with Crippen LogP contribution in [0.5, 0.6) is 11.5 Å². The highest BCUT2D eigenvalue weighted by molar-refractivity contribution is 5.75. The highest BCUT2D eigenvalue weighted by Crippen LogP contribution is 2.23. The Kier molecular flexibility index (Phi) is 4.93. The van der Waals surface area contributed by atoms with Gasteiger partial charge in [-0.2, -0.15) is 0 Å². The van der Waals surface area contributed by atoms with Crippen molar-refractivity contribution >= 4 is 11.0 Å². The number of rotatable bonds is 6. The van der Waals surface area contributed by atoms with Gasteiger partial charge >= 0.3 is 0 Å². The van der Waals surface area contributed by atoms with Crippen LogP contribution in [0.4, 0.5) is 0 Å². The van der Waals surface area contributed by atoms with Crippen molar-refractivity contribution in [3.05, 3.63) is 89.7 Å². The third-order valence-electron chi connectivity index (χ3n) is 4.81. The number of benzene rings is 3. The SMILES string of the molecule is CCCc1ccc(Oc2ccc(Cn3c(C)nc4ccccc43)cc2)cc1. The molecule has 0 aliphatic rings. The van der Waals surface area contributed by atoms with Crippen molar-refractivity contribution in [1.82, 2.24) is 9.55 Å². The highest BCUT2D eigenvalue weighted by Gasteiger charge is 2.07. The zero-order chi connectivity index (χ0) is 18.6. The van der Waals surface area contributed by atoms with Crippen LogP contribution in [-0.2, 0) is 13.0 Å². The second kappa shape index (κ2) is 7.67. The molecule has 4 aromatic rings. The number of ether oxygens (including phenoxy) is 1. The average Bonchev–Trinajstić information content (AvgIpc) is 3.00. The van der Waals surface area contributed by atoms with Gasteiger partial charge in [-0.25, -0.2) is 4.98 Å². The van der Waals surface area contributed by atoms with Gasteiger partial charge in [0.2, 0.25) is 0 Å². The molecule has 0 spiro atoms. The molecule has 0 unspecified atom stereocenters. The minimum absolute atomic E-state index is 0.804. The maximum Gasteiger partial charge on any atom is 0.127 e. The van der Waals surface area contributed by atoms with Crippen LogP contribution < -0.4 is 4.74 Å². The monoisotopic (exact) mass is 356 g/mol. The van der Waals surface area contributed by atoms with E-state index >= 15 is 0 Å². The molecule has 4 rings (SSSR count). The van der Waals surface area contributed by atoms with E-state index in [0.717, 1.165) is 42.2 Å². The number of hydrogen-bond acceptors (Lipinski definition) is 2. The molecule has 0 aliphatic heterocycles. The molecule has 1 aromatic heterocycles. The normalized spacial score (nSPS) is 11.0. The fourth-order valence-electron chi connectivity index (χ4n) is 3.39. The summed E-state index contributed by atoms with van der Waals surface area (Å²) in [5, 5.41) is 0. The number of fused-ring (bicyclic) bond motifs is 1. The van der Waals surface area contributed by atoms with Gasteiger partial charge < -0.3 is 9.30 Å². The van der Waals surface area contributed by atoms with Crippen molar-refractivity contribution in [1.29, 1.82) is 0 Å². The van der Waals surface area contributed by atoms with Crippen molar-refractivity contribution in [2.45, 2.75) is 33.2 Å². The number of para-hydroxylation sites is 2. The van der Waals surface area contributed by atoms with E-state index in [1.165, 1.54) is 16.6 Å². The highest BCUT2D eigenvalue weighted by atomic mass is 16.5. The molecule has 0 radical (unpaired) electrons. The van der Waals surface area contributed by atoms with Gasteiger partial charge in [-0.05, 0) is 60.9 Å². The summed E-state index contributed by atoms with van der Waals surface area (Å²) in [6.07, 6.45) is 2.27. The first kappa shape index (κ1) is 17.3. The van der Waals surface area contributed by atoms with Crippen LogP contribution in [0.15, 0.2) is 72.8 Å². The van der Waals surface area contributed by atoms with E-state index in [2.05, 4.69) is 65.9 Å². The standard InChI is InChI=1S/C24H24N2O/c1-3-6-19-9-13-21(14-10-19)27-22-15-11-20(12-16-22)17-26-18(2)25-23-7-4-5-8-24(23)26/h4-5,7-16H,3,6,17H2,1-2H3. The third kappa shape index (κ3) is 3.87. The second-order valence-electron chi connectivity index (χ2n) is 6.87. The smallest absolute Gasteiger partial charge is 0.127 e. The summed E-state index contributed by atoms with van der Waals surface area (Å²) >= 11 is 0. The Morgan fingerprint density at radius 3 is 2.11 bits per heavy atom. The molecule has 1 heterocycles. The van der Waals surface area contributed by atoms with Crippen LogP contribution in [0.25, 0.3) is 11.0 Å². The lowest BCUT2D eigenvalue weighted by Crippen LogP contribution is -2.01. The fourth-order valence-corrected chi connectivity index (χ4v) is 3.39. The Hall–Kier alpha value is -3.07. The third-order valence-corrected chi connectivity index (χ3v) is 4.81. The van der Waals surface area contributed by atoms with Crippen LogP contribution in [0.3, 0.4) is 0 Å². The summed E-state index contributed by atoms with van der Waals surface area (Å²) in [5.41, 5.74) is 4.79. The average molecular weight is 356 g/mol. The van der Waals surface area contributed by atoms with Crippen molar-refractivity contribution < 1.29 is 4.74 Å². The van der Waals surface area contributed by atoms with Gasteiger partial charge in [0.15, 0.2) is 0 Å². The van der Waals surface area contributed by atoms with E-state index in [0.29, 0.717) is 0 Å². The van der Waals surface area contributed by atoms with E-state index < -0.39 is 0 Å². The summed E-state index contributed by atoms with van der Waals surface area (Å²) in [5.74, 6) is 2.76. The molecular weight excluding hydrogens is 332 g/mol. The van der Waals surface area contributed by atoms with Crippen LogP contribution in [0, 0.1) is 6.92 Å². The fraction of sp³-hybridized carbons (Fsp3) is 0.208. The first-order valence-electron chi connectivity index (χ1n) is 9.50. The largest absolute Gasteiger partial charge is 0.457 e. The molecule has 0 aliphatic carbocycles. The van der Waals surface area contributed by atoms with Crippen LogP contribution in [-0.4, -0.2) is 9.55 Å². The van der Waals surface area contributed by atoms with E-state index in [1.54, 1.807) is 0 Å². The summed E-state index contributed by atoms with van der Waals surface area (Å²) < 4.78 is 8.22. The Bertz CT molecular complexity index is 1030. The number of imidazole rings is 1. The van der Waals surface area contributed by atoms with Crippen LogP contribution >= 0.6 is 0 Å². The molecule has 0 N–H and O–H groups in total. The molecule has 0 fully saturated rings. The lowest BCUT2D eigenvalue weighted by molar-refractivity contribution is 0.482. The predicted molar refractivity (Wildman–Crippen MR) is 111 cm³/mol. The Labute approximate surface area is 160 Å². The van der Waals surface area contributed by atoms with Crippen molar-refractivity contribution in [3.63, 3.8) is 0 Å². The predicted octanol–water partition coefficient (Wildman–Crippen LogP) is 6.14. The summed E-state index contributed by atoms with van der Waals surface area (Å²) in [7, 11) is 0. The molecule has 0 atom stereocenters. The Balaban J connectivity index is 1.48. The number of nitrogens with zero attached hydrogens (tertiary/aromatic N) is 2. The minimum Gasteiger partial charge on any atom is -0.457 e. The molecule has 0 bridgehead atoms. The summed E-state index contributed by atoms with van der Waals surface area (Å²) in [6.45, 7) is 5.05. The summed E-state index contributed by atoms with van der Waals surface area (Å²) in [6, 6.07) is 24.9. The molecular formula is C24H24N2O. The quantitative estimate of drug-likeness (QED) is 0.415. The maximum atomic E-state index is 5.98. The lowest BCUT2D eigenvalue weighted by Gasteiger charge is -2.10. The van der Waals surface area contributed by atoms with Gasteiger partial charge in [-0.1, -0.05) is 49.7 Å². The van der Waals surface area contributed by atoms with E-state index in [4.69, 9.17) is 4.74 Å². The minimum atomic E-state index is 0.804. The van der Waals surface area contributed by atoms with Gasteiger partial charge in [0.05, 0.1) is 11.0 Å². The molecule has 0 amide bonds. The van der Waals surface area contributed by atoms with Crippen molar-refractivity contribution in [2.24, 2.45) is 0 Å². The number of aryl methyl sites for hydroxylation is 2. The van der Waals surface area contributed by atoms with Gasteiger partial charge in [0.1, 0.15) is 17.3 Å². The van der Waals surface area contributed by atoms with Gasteiger partial charge in [0.25, 0.3) is 0 Å². The first-order valence-corrected chi connectivity index (χ1v) is 9.50. The zero-order valence-corrected chi connectivity index (χ0v) is 15.9. The van der Waals surface area contributed by atoms with E-state index in [-0.39, 0.29) is 0 Å². The Morgan fingerprint density at radius 2 is 1.44 bits per heavy atom. The summed E-state index contributed by atoms with van der Waals surface area (Å²) in [4.78, 5) is 4.64. The zero-order valence-electron chi connectivity index (χ0n) is 15.9. The molecule has 3 heteroatoms. The molecule has 3 aromatic carbocycles. The lowest BCUT2D eigenvalue weighted by atomic mass is 10.1. The maximum absolute atomic E-state index is 5.98. The topological polar surface area (TPSA) is 27.1 Å². The molecule has 27 heavy (non-hydrogen) atoms. The van der Waals surface area contributed by atoms with Crippen molar-refractivity contribution in [2.75, 3.05) is 0 Å². The van der Waals surface area contributed by atoms with Crippen LogP contribution in [0.2, 0.25) is 0 Å². The number of aromatic nitrogens is 2. The van der Waals surface area contributed by atoms with Crippen molar-refractivity contribution in [3.8, 4) is 11.5 Å². The molecule has 136 valence electrons. The van der Waals surface area contributed by atoms with Gasteiger partial charge in [0, 0.05) is 6.54 Å². The molecule has 3 nitrogen and oxygen atoms in total. The molecule has 0 saturated heterocycles. The molecule has 0 saturated carbocycles. The van der Waals surface area contributed by atoms with Crippen LogP contribution in [0.1, 0.15) is 30.3 Å². The van der Waals surface area contributed by atoms with Gasteiger partial charge in [-0.15, -0.1) is 0 Å². The Morgan fingerprint density at radius 1 is 0.815 bits per heavy atom. The second-order valence-corrected chi connectivity index (χ2v) is 6.87. The first-order chi connectivity index (χ1) is 13.2. The van der Waals surface area contributed by atoms with E-state index in [1.807, 2.05) is 30.3 Å². The van der Waals surface area contributed by atoms with E-state index in [9.17, 15) is 0 Å². The number of hydrogen-bond donors (Lipinski definition) is 0. The van der Waals surface area contributed by atoms with Gasteiger partial charge in [-0.3, -0.25) is 0 Å².